The van der Waals surface area contributed by atoms with E-state index in [1.54, 1.807) is 23.1 Å². The average Bonchev–Trinajstić information content (AvgIpc) is 3.09. The summed E-state index contributed by atoms with van der Waals surface area (Å²) < 4.78 is 0. The molecule has 0 saturated carbocycles. The van der Waals surface area contributed by atoms with Crippen LogP contribution in [0.5, 0.6) is 0 Å². The van der Waals surface area contributed by atoms with E-state index in [1.165, 1.54) is 6.92 Å². The van der Waals surface area contributed by atoms with Gasteiger partial charge in [0.1, 0.15) is 0 Å². The molecule has 140 valence electrons. The van der Waals surface area contributed by atoms with Gasteiger partial charge in [0.25, 0.3) is 5.91 Å². The maximum absolute atomic E-state index is 12.5. The van der Waals surface area contributed by atoms with Gasteiger partial charge in [-0.05, 0) is 42.2 Å². The first-order chi connectivity index (χ1) is 13.0. The van der Waals surface area contributed by atoms with Gasteiger partial charge in [-0.2, -0.15) is 0 Å². The summed E-state index contributed by atoms with van der Waals surface area (Å²) in [5.74, 6) is -1.96. The van der Waals surface area contributed by atoms with Crippen LogP contribution in [0.15, 0.2) is 48.5 Å². The number of carboxylic acids is 1. The van der Waals surface area contributed by atoms with Gasteiger partial charge in [-0.25, -0.2) is 0 Å². The Morgan fingerprint density at radius 1 is 1.15 bits per heavy atom. The highest BCUT2D eigenvalue weighted by molar-refractivity contribution is 5.98. The van der Waals surface area contributed by atoms with Crippen molar-refractivity contribution in [2.24, 2.45) is 5.92 Å². The first kappa shape index (κ1) is 18.6. The first-order valence-corrected chi connectivity index (χ1v) is 8.91. The summed E-state index contributed by atoms with van der Waals surface area (Å²) in [5, 5.41) is 12.2. The number of nitrogens with one attached hydrogen (secondary N) is 1. The minimum absolute atomic E-state index is 0.0174. The van der Waals surface area contributed by atoms with Gasteiger partial charge in [0.05, 0.1) is 5.92 Å². The lowest BCUT2D eigenvalue weighted by atomic mass is 9.99. The summed E-state index contributed by atoms with van der Waals surface area (Å²) >= 11 is 0. The van der Waals surface area contributed by atoms with Crippen molar-refractivity contribution in [3.63, 3.8) is 0 Å². The Labute approximate surface area is 157 Å². The second-order valence-electron chi connectivity index (χ2n) is 6.70. The molecule has 1 atom stereocenters. The summed E-state index contributed by atoms with van der Waals surface area (Å²) in [4.78, 5) is 37.3. The number of amides is 2. The number of nitrogens with zero attached hydrogens (tertiary/aromatic N) is 1. The SMILES string of the molecule is CC(=O)N1CCc2cc(C(=O)NCC(Cc3ccccc3)C(=O)O)ccc21. The van der Waals surface area contributed by atoms with E-state index in [0.717, 1.165) is 16.8 Å². The molecule has 0 aliphatic carbocycles. The molecule has 6 heteroatoms. The fourth-order valence-corrected chi connectivity index (χ4v) is 3.33. The fraction of sp³-hybridized carbons (Fsp3) is 0.286. The molecule has 1 unspecified atom stereocenters. The first-order valence-electron chi connectivity index (χ1n) is 8.91. The van der Waals surface area contributed by atoms with Crippen molar-refractivity contribution >= 4 is 23.5 Å². The van der Waals surface area contributed by atoms with Crippen LogP contribution in [-0.4, -0.2) is 36.0 Å². The Hall–Kier alpha value is -3.15. The van der Waals surface area contributed by atoms with E-state index in [0.29, 0.717) is 24.9 Å². The fourth-order valence-electron chi connectivity index (χ4n) is 3.33. The van der Waals surface area contributed by atoms with Gasteiger partial charge in [-0.3, -0.25) is 14.4 Å². The average molecular weight is 366 g/mol. The van der Waals surface area contributed by atoms with Crippen LogP contribution in [0.4, 0.5) is 5.69 Å². The molecule has 1 heterocycles. The number of anilines is 1. The molecule has 1 aliphatic heterocycles. The molecule has 0 radical (unpaired) electrons. The monoisotopic (exact) mass is 366 g/mol. The van der Waals surface area contributed by atoms with Gasteiger partial charge in [0.15, 0.2) is 0 Å². The molecule has 0 fully saturated rings. The number of carboxylic acid groups (broad SMARTS) is 1. The predicted octanol–water partition coefficient (Wildman–Crippen LogP) is 2.27. The van der Waals surface area contributed by atoms with Crippen molar-refractivity contribution in [1.82, 2.24) is 5.32 Å². The van der Waals surface area contributed by atoms with Crippen molar-refractivity contribution in [3.8, 4) is 0 Å². The number of carbonyl (C=O) groups is 3. The summed E-state index contributed by atoms with van der Waals surface area (Å²) in [6, 6.07) is 14.6. The zero-order valence-corrected chi connectivity index (χ0v) is 15.1. The minimum atomic E-state index is -0.940. The minimum Gasteiger partial charge on any atom is -0.481 e. The number of rotatable bonds is 6. The van der Waals surface area contributed by atoms with Crippen molar-refractivity contribution in [2.45, 2.75) is 19.8 Å². The zero-order chi connectivity index (χ0) is 19.4. The summed E-state index contributed by atoms with van der Waals surface area (Å²) in [7, 11) is 0. The van der Waals surface area contributed by atoms with Crippen molar-refractivity contribution < 1.29 is 19.5 Å². The second kappa shape index (κ2) is 8.03. The molecule has 6 nitrogen and oxygen atoms in total. The highest BCUT2D eigenvalue weighted by atomic mass is 16.4. The molecule has 2 N–H and O–H groups in total. The molecule has 0 aromatic heterocycles. The molecule has 0 bridgehead atoms. The molecular weight excluding hydrogens is 344 g/mol. The molecule has 0 saturated heterocycles. The topological polar surface area (TPSA) is 86.7 Å². The maximum atomic E-state index is 12.5. The highest BCUT2D eigenvalue weighted by Crippen LogP contribution is 2.28. The molecule has 27 heavy (non-hydrogen) atoms. The van der Waals surface area contributed by atoms with E-state index in [2.05, 4.69) is 5.32 Å². The lowest BCUT2D eigenvalue weighted by Gasteiger charge is -2.16. The number of benzene rings is 2. The molecule has 2 aromatic rings. The van der Waals surface area contributed by atoms with Crippen LogP contribution in [0, 0.1) is 5.92 Å². The molecule has 0 spiro atoms. The van der Waals surface area contributed by atoms with Crippen LogP contribution in [0.3, 0.4) is 0 Å². The van der Waals surface area contributed by atoms with Crippen molar-refractivity contribution in [3.05, 3.63) is 65.2 Å². The molecule has 1 aliphatic rings. The van der Waals surface area contributed by atoms with E-state index >= 15 is 0 Å². The normalized spacial score (nSPS) is 13.7. The van der Waals surface area contributed by atoms with Gasteiger partial charge in [0.2, 0.25) is 5.91 Å². The zero-order valence-electron chi connectivity index (χ0n) is 15.1. The summed E-state index contributed by atoms with van der Waals surface area (Å²) in [6.07, 6.45) is 1.07. The molecule has 3 rings (SSSR count). The standard InChI is InChI=1S/C21H22N2O4/c1-14(24)23-10-9-16-12-17(7-8-19(16)23)20(25)22-13-18(21(26)27)11-15-5-3-2-4-6-15/h2-8,12,18H,9-11,13H2,1H3,(H,22,25)(H,26,27). The number of aliphatic carboxylic acids is 1. The molecule has 2 amide bonds. The number of fused-ring (bicyclic) bond motifs is 1. The largest absolute Gasteiger partial charge is 0.481 e. The third kappa shape index (κ3) is 4.34. The van der Waals surface area contributed by atoms with E-state index in [-0.39, 0.29) is 18.4 Å². The maximum Gasteiger partial charge on any atom is 0.308 e. The van der Waals surface area contributed by atoms with Gasteiger partial charge >= 0.3 is 5.97 Å². The summed E-state index contributed by atoms with van der Waals surface area (Å²) in [6.45, 7) is 2.20. The van der Waals surface area contributed by atoms with Crippen LogP contribution in [0.25, 0.3) is 0 Å². The van der Waals surface area contributed by atoms with E-state index in [4.69, 9.17) is 0 Å². The quantitative estimate of drug-likeness (QED) is 0.821. The van der Waals surface area contributed by atoms with Gasteiger partial charge in [-0.1, -0.05) is 30.3 Å². The highest BCUT2D eigenvalue weighted by Gasteiger charge is 2.24. The Morgan fingerprint density at radius 2 is 1.89 bits per heavy atom. The number of carbonyl (C=O) groups excluding carboxylic acids is 2. The summed E-state index contributed by atoms with van der Waals surface area (Å²) in [5.41, 5.74) is 3.19. The second-order valence-corrected chi connectivity index (χ2v) is 6.70. The lowest BCUT2D eigenvalue weighted by molar-refractivity contribution is -0.141. The van der Waals surface area contributed by atoms with E-state index in [1.807, 2.05) is 30.3 Å². The van der Waals surface area contributed by atoms with Gasteiger partial charge in [0, 0.05) is 31.3 Å². The lowest BCUT2D eigenvalue weighted by Crippen LogP contribution is -2.34. The Morgan fingerprint density at radius 3 is 2.56 bits per heavy atom. The third-order valence-electron chi connectivity index (χ3n) is 4.80. The van der Waals surface area contributed by atoms with Crippen LogP contribution < -0.4 is 10.2 Å². The third-order valence-corrected chi connectivity index (χ3v) is 4.80. The van der Waals surface area contributed by atoms with Gasteiger partial charge < -0.3 is 15.3 Å². The Bertz CT molecular complexity index is 864. The van der Waals surface area contributed by atoms with Crippen molar-refractivity contribution in [2.75, 3.05) is 18.0 Å². The number of hydrogen-bond acceptors (Lipinski definition) is 3. The molecular formula is C21H22N2O4. The molecule has 2 aromatic carbocycles. The van der Waals surface area contributed by atoms with Crippen LogP contribution in [-0.2, 0) is 22.4 Å². The van der Waals surface area contributed by atoms with E-state index < -0.39 is 11.9 Å². The number of hydrogen-bond donors (Lipinski definition) is 2. The van der Waals surface area contributed by atoms with Crippen LogP contribution >= 0.6 is 0 Å². The Balaban J connectivity index is 1.64. The smallest absolute Gasteiger partial charge is 0.308 e. The van der Waals surface area contributed by atoms with Crippen LogP contribution in [0.1, 0.15) is 28.4 Å². The predicted molar refractivity (Wildman–Crippen MR) is 102 cm³/mol. The van der Waals surface area contributed by atoms with E-state index in [9.17, 15) is 19.5 Å². The Kier molecular flexibility index (Phi) is 5.54. The van der Waals surface area contributed by atoms with Crippen molar-refractivity contribution in [1.29, 1.82) is 0 Å². The van der Waals surface area contributed by atoms with Crippen LogP contribution in [0.2, 0.25) is 0 Å². The van der Waals surface area contributed by atoms with Gasteiger partial charge in [-0.15, -0.1) is 0 Å².